The first kappa shape index (κ1) is 19.1. The summed E-state index contributed by atoms with van der Waals surface area (Å²) < 4.78 is 31.8. The molecule has 23 heavy (non-hydrogen) atoms. The van der Waals surface area contributed by atoms with Gasteiger partial charge in [-0.25, -0.2) is 13.9 Å². The molecule has 0 heterocycles. The lowest BCUT2D eigenvalue weighted by molar-refractivity contribution is -0.133. The monoisotopic (exact) mass is 344 g/mol. The quantitative estimate of drug-likeness (QED) is 0.303. The summed E-state index contributed by atoms with van der Waals surface area (Å²) in [4.78, 5) is 11.3. The molecule has 1 rings (SSSR count). The van der Waals surface area contributed by atoms with Crippen molar-refractivity contribution in [1.82, 2.24) is 10.2 Å². The van der Waals surface area contributed by atoms with E-state index >= 15 is 0 Å². The van der Waals surface area contributed by atoms with Crippen molar-refractivity contribution in [1.29, 1.82) is 0 Å². The molecule has 0 fully saturated rings. The number of carbonyl (C=O) groups is 1. The van der Waals surface area contributed by atoms with E-state index in [2.05, 4.69) is 0 Å². The fourth-order valence-corrected chi connectivity index (χ4v) is 2.90. The summed E-state index contributed by atoms with van der Waals surface area (Å²) >= 11 is 0. The zero-order chi connectivity index (χ0) is 17.5. The normalized spacial score (nSPS) is 14.4. The molecule has 0 aliphatic carbocycles. The Bertz CT molecular complexity index is 640. The van der Waals surface area contributed by atoms with Crippen LogP contribution in [0.5, 0.6) is 5.75 Å². The van der Waals surface area contributed by atoms with Gasteiger partial charge in [-0.3, -0.25) is 10.0 Å². The number of carbonyl (C=O) groups excluding carboxylic acids is 1. The first-order chi connectivity index (χ1) is 10.8. The Morgan fingerprint density at radius 1 is 1.35 bits per heavy atom. The number of aliphatic hydroxyl groups excluding tert-OH is 1. The van der Waals surface area contributed by atoms with Crippen LogP contribution in [0, 0.1) is 0 Å². The average molecular weight is 344 g/mol. The Morgan fingerprint density at radius 3 is 2.43 bits per heavy atom. The molecule has 9 heteroatoms. The highest BCUT2D eigenvalue weighted by Crippen LogP contribution is 2.16. The van der Waals surface area contributed by atoms with Gasteiger partial charge in [0.25, 0.3) is 5.91 Å². The van der Waals surface area contributed by atoms with Gasteiger partial charge in [-0.05, 0) is 38.1 Å². The van der Waals surface area contributed by atoms with Gasteiger partial charge in [0, 0.05) is 0 Å². The molecule has 1 aromatic rings. The van der Waals surface area contributed by atoms with Crippen molar-refractivity contribution in [2.24, 2.45) is 0 Å². The Kier molecular flexibility index (Phi) is 7.17. The van der Waals surface area contributed by atoms with Crippen LogP contribution in [0.2, 0.25) is 0 Å². The predicted octanol–water partition coefficient (Wildman–Crippen LogP) is 0.175. The first-order valence-electron chi connectivity index (χ1n) is 6.80. The van der Waals surface area contributed by atoms with Crippen molar-refractivity contribution >= 4 is 15.9 Å². The van der Waals surface area contributed by atoms with Crippen LogP contribution in [0.1, 0.15) is 13.8 Å². The van der Waals surface area contributed by atoms with Gasteiger partial charge in [0.2, 0.25) is 10.0 Å². The van der Waals surface area contributed by atoms with E-state index in [0.717, 1.165) is 0 Å². The number of allylic oxidation sites excluding steroid dienone is 1. The molecule has 0 bridgehead atoms. The smallest absolute Gasteiger partial charge is 0.264 e. The fraction of sp³-hybridized carbons (Fsp3) is 0.357. The molecule has 8 nitrogen and oxygen atoms in total. The Labute approximate surface area is 134 Å². The van der Waals surface area contributed by atoms with Crippen molar-refractivity contribution in [3.8, 4) is 5.75 Å². The van der Waals surface area contributed by atoms with Gasteiger partial charge in [0.05, 0.1) is 11.0 Å². The summed E-state index contributed by atoms with van der Waals surface area (Å²) in [6.45, 7) is 3.44. The van der Waals surface area contributed by atoms with E-state index in [1.54, 1.807) is 6.08 Å². The maximum Gasteiger partial charge on any atom is 0.264 e. The van der Waals surface area contributed by atoms with Gasteiger partial charge in [-0.1, -0.05) is 12.2 Å². The molecule has 0 spiro atoms. The van der Waals surface area contributed by atoms with Crippen LogP contribution in [0.15, 0.2) is 41.3 Å². The van der Waals surface area contributed by atoms with Gasteiger partial charge >= 0.3 is 0 Å². The van der Waals surface area contributed by atoms with Gasteiger partial charge in [-0.2, -0.15) is 4.72 Å². The van der Waals surface area contributed by atoms with Gasteiger partial charge in [-0.15, -0.1) is 0 Å². The third kappa shape index (κ3) is 5.64. The topological polar surface area (TPSA) is 125 Å². The fourth-order valence-electron chi connectivity index (χ4n) is 1.63. The highest BCUT2D eigenvalue weighted by molar-refractivity contribution is 7.89. The minimum Gasteiger partial charge on any atom is -0.490 e. The lowest BCUT2D eigenvalue weighted by Crippen LogP contribution is -2.51. The van der Waals surface area contributed by atoms with E-state index in [4.69, 9.17) is 9.94 Å². The second-order valence-corrected chi connectivity index (χ2v) is 6.38. The minimum absolute atomic E-state index is 0.104. The van der Waals surface area contributed by atoms with E-state index < -0.39 is 28.1 Å². The molecule has 0 radical (unpaired) electrons. The highest BCUT2D eigenvalue weighted by Gasteiger charge is 2.29. The summed E-state index contributed by atoms with van der Waals surface area (Å²) in [7, 11) is -4.05. The molecule has 0 saturated heterocycles. The molecule has 2 atom stereocenters. The number of ether oxygens (including phenoxy) is 1. The van der Waals surface area contributed by atoms with Crippen molar-refractivity contribution in [3.05, 3.63) is 36.4 Å². The van der Waals surface area contributed by atoms with Crippen molar-refractivity contribution in [2.75, 3.05) is 6.61 Å². The lowest BCUT2D eigenvalue weighted by Gasteiger charge is -2.19. The zero-order valence-corrected chi connectivity index (χ0v) is 13.6. The number of amides is 1. The van der Waals surface area contributed by atoms with Crippen LogP contribution in [0.3, 0.4) is 0 Å². The number of benzene rings is 1. The molecule has 4 N–H and O–H groups in total. The van der Waals surface area contributed by atoms with Crippen LogP contribution in [-0.4, -0.2) is 43.4 Å². The molecule has 1 aromatic carbocycles. The minimum atomic E-state index is -4.05. The van der Waals surface area contributed by atoms with Gasteiger partial charge < -0.3 is 9.84 Å². The van der Waals surface area contributed by atoms with Crippen molar-refractivity contribution in [2.45, 2.75) is 30.9 Å². The predicted molar refractivity (Wildman–Crippen MR) is 82.5 cm³/mol. The molecular formula is C14H20N2O6S. The van der Waals surface area contributed by atoms with E-state index in [1.165, 1.54) is 36.7 Å². The molecule has 0 aliphatic heterocycles. The zero-order valence-electron chi connectivity index (χ0n) is 12.8. The second-order valence-electron chi connectivity index (χ2n) is 4.67. The van der Waals surface area contributed by atoms with Crippen molar-refractivity contribution in [3.63, 3.8) is 0 Å². The molecule has 1 unspecified atom stereocenters. The van der Waals surface area contributed by atoms with E-state index in [-0.39, 0.29) is 4.90 Å². The average Bonchev–Trinajstić information content (AvgIpc) is 2.52. The van der Waals surface area contributed by atoms with Crippen LogP contribution in [0.25, 0.3) is 0 Å². The van der Waals surface area contributed by atoms with Gasteiger partial charge in [0.1, 0.15) is 18.4 Å². The van der Waals surface area contributed by atoms with Gasteiger partial charge in [0.15, 0.2) is 0 Å². The summed E-state index contributed by atoms with van der Waals surface area (Å²) in [6.07, 6.45) is 2.29. The molecule has 0 saturated carbocycles. The number of hydrogen-bond donors (Lipinski definition) is 4. The Balaban J connectivity index is 2.88. The number of nitrogens with one attached hydrogen (secondary N) is 2. The highest BCUT2D eigenvalue weighted by atomic mass is 32.2. The van der Waals surface area contributed by atoms with Crippen molar-refractivity contribution < 1.29 is 28.3 Å². The largest absolute Gasteiger partial charge is 0.490 e. The third-order valence-corrected chi connectivity index (χ3v) is 4.33. The maximum absolute atomic E-state index is 12.2. The summed E-state index contributed by atoms with van der Waals surface area (Å²) in [6, 6.07) is 4.05. The van der Waals surface area contributed by atoms with Crippen LogP contribution in [-0.2, 0) is 14.8 Å². The summed E-state index contributed by atoms with van der Waals surface area (Å²) in [5.74, 6) is -0.572. The second kappa shape index (κ2) is 8.63. The lowest BCUT2D eigenvalue weighted by atomic mass is 10.2. The standard InChI is InChI=1S/C14H20N2O6S/c1-3-4-9-22-11-5-7-12(8-6-11)23(20,21)16-13(10(2)17)14(18)15-19/h3-8,10,13,16-17,19H,9H2,1-2H3,(H,15,18)/t10-,13?/m0/s1. The molecule has 0 aliphatic rings. The van der Waals surface area contributed by atoms with E-state index in [9.17, 15) is 18.3 Å². The van der Waals surface area contributed by atoms with Crippen LogP contribution in [0.4, 0.5) is 0 Å². The third-order valence-electron chi connectivity index (χ3n) is 2.87. The molecule has 0 aromatic heterocycles. The Hall–Kier alpha value is -1.94. The van der Waals surface area contributed by atoms with E-state index in [1.807, 2.05) is 17.7 Å². The first-order valence-corrected chi connectivity index (χ1v) is 8.28. The molecule has 128 valence electrons. The SMILES string of the molecule is CC=CCOc1ccc(S(=O)(=O)NC(C(=O)NO)[C@H](C)O)cc1. The van der Waals surface area contributed by atoms with Crippen LogP contribution < -0.4 is 14.9 Å². The van der Waals surface area contributed by atoms with Crippen LogP contribution >= 0.6 is 0 Å². The summed E-state index contributed by atoms with van der Waals surface area (Å²) in [5.41, 5.74) is 1.31. The summed E-state index contributed by atoms with van der Waals surface area (Å²) in [5, 5.41) is 18.1. The Morgan fingerprint density at radius 2 is 1.96 bits per heavy atom. The van der Waals surface area contributed by atoms with E-state index in [0.29, 0.717) is 12.4 Å². The molecule has 1 amide bonds. The number of hydroxylamine groups is 1. The maximum atomic E-state index is 12.2. The number of aliphatic hydroxyl groups is 1. The molecular weight excluding hydrogens is 324 g/mol. The number of sulfonamides is 1. The number of rotatable bonds is 8. The number of hydrogen-bond acceptors (Lipinski definition) is 6.